The zero-order valence-electron chi connectivity index (χ0n) is 9.80. The highest BCUT2D eigenvalue weighted by Gasteiger charge is 2.34. The van der Waals surface area contributed by atoms with Gasteiger partial charge in [0.2, 0.25) is 5.88 Å². The molecule has 1 aliphatic rings. The van der Waals surface area contributed by atoms with Gasteiger partial charge in [0, 0.05) is 6.54 Å². The lowest BCUT2D eigenvalue weighted by Crippen LogP contribution is -2.30. The molecule has 0 spiro atoms. The zero-order chi connectivity index (χ0) is 13.3. The second-order valence-electron chi connectivity index (χ2n) is 4.07. The number of rotatable bonds is 4. The minimum Gasteiger partial charge on any atom is -0.471 e. The molecule has 1 fully saturated rings. The summed E-state index contributed by atoms with van der Waals surface area (Å²) in [5.74, 6) is 0.463. The number of hydrogen-bond donors (Lipinski definition) is 0. The molecule has 0 N–H and O–H groups in total. The molecule has 1 saturated heterocycles. The Morgan fingerprint density at radius 3 is 3.05 bits per heavy atom. The van der Waals surface area contributed by atoms with E-state index in [-0.39, 0.29) is 6.10 Å². The largest absolute Gasteiger partial charge is 0.471 e. The van der Waals surface area contributed by atoms with Crippen LogP contribution in [0.5, 0.6) is 5.88 Å². The van der Waals surface area contributed by atoms with Gasteiger partial charge < -0.3 is 4.74 Å². The van der Waals surface area contributed by atoms with Crippen molar-refractivity contribution in [1.29, 1.82) is 0 Å². The maximum absolute atomic E-state index is 12.3. The molecule has 2 aromatic heterocycles. The van der Waals surface area contributed by atoms with Crippen LogP contribution >= 0.6 is 23.1 Å². The molecule has 2 aromatic rings. The summed E-state index contributed by atoms with van der Waals surface area (Å²) in [7, 11) is -3.37. The van der Waals surface area contributed by atoms with Gasteiger partial charge in [-0.25, -0.2) is 8.42 Å². The van der Waals surface area contributed by atoms with E-state index in [1.807, 2.05) is 0 Å². The van der Waals surface area contributed by atoms with Crippen LogP contribution in [-0.2, 0) is 10.0 Å². The van der Waals surface area contributed by atoms with Crippen LogP contribution in [0.25, 0.3) is 0 Å². The van der Waals surface area contributed by atoms with Crippen LogP contribution in [0.3, 0.4) is 0 Å². The summed E-state index contributed by atoms with van der Waals surface area (Å²) in [6.45, 7) is 0.834. The predicted molar refractivity (Wildman–Crippen MR) is 72.0 cm³/mol. The van der Waals surface area contributed by atoms with Gasteiger partial charge in [-0.3, -0.25) is 0 Å². The Bertz CT molecular complexity index is 624. The van der Waals surface area contributed by atoms with Crippen LogP contribution in [0.15, 0.2) is 27.9 Å². The fraction of sp³-hybridized carbons (Fsp3) is 0.400. The third-order valence-electron chi connectivity index (χ3n) is 2.83. The molecule has 0 saturated carbocycles. The first-order chi connectivity index (χ1) is 9.16. The highest BCUT2D eigenvalue weighted by Crippen LogP contribution is 2.26. The van der Waals surface area contributed by atoms with Gasteiger partial charge in [-0.2, -0.15) is 8.68 Å². The topological polar surface area (TPSA) is 72.4 Å². The standard InChI is InChI=1S/C10H11N3O3S3/c14-19(15,10-2-1-5-17-10)13-4-3-8(7-13)16-9-6-11-18-12-9/h1-2,5-6,8H,3-4,7H2. The van der Waals surface area contributed by atoms with Crippen molar-refractivity contribution in [1.82, 2.24) is 13.1 Å². The molecule has 1 atom stereocenters. The van der Waals surface area contributed by atoms with Crippen molar-refractivity contribution >= 4 is 33.1 Å². The summed E-state index contributed by atoms with van der Waals surface area (Å²) in [5.41, 5.74) is 0. The molecule has 1 aliphatic heterocycles. The molecular weight excluding hydrogens is 306 g/mol. The summed E-state index contributed by atoms with van der Waals surface area (Å²) in [5, 5.41) is 1.76. The van der Waals surface area contributed by atoms with Crippen molar-refractivity contribution < 1.29 is 13.2 Å². The molecule has 19 heavy (non-hydrogen) atoms. The Morgan fingerprint density at radius 1 is 1.47 bits per heavy atom. The summed E-state index contributed by atoms with van der Waals surface area (Å²) in [6, 6.07) is 3.36. The lowest BCUT2D eigenvalue weighted by molar-refractivity contribution is 0.208. The van der Waals surface area contributed by atoms with Crippen molar-refractivity contribution in [3.63, 3.8) is 0 Å². The first-order valence-corrected chi connectivity index (χ1v) is 8.69. The first kappa shape index (κ1) is 13.0. The highest BCUT2D eigenvalue weighted by atomic mass is 32.2. The molecule has 3 rings (SSSR count). The van der Waals surface area contributed by atoms with Gasteiger partial charge in [-0.1, -0.05) is 6.07 Å². The van der Waals surface area contributed by atoms with Crippen LogP contribution in [-0.4, -0.2) is 40.7 Å². The monoisotopic (exact) mass is 317 g/mol. The molecule has 6 nitrogen and oxygen atoms in total. The van der Waals surface area contributed by atoms with Crippen molar-refractivity contribution in [3.8, 4) is 5.88 Å². The van der Waals surface area contributed by atoms with Gasteiger partial charge in [0.25, 0.3) is 10.0 Å². The number of nitrogens with zero attached hydrogens (tertiary/aromatic N) is 3. The second kappa shape index (κ2) is 5.16. The maximum Gasteiger partial charge on any atom is 0.252 e. The predicted octanol–water partition coefficient (Wildman–Crippen LogP) is 1.44. The molecule has 102 valence electrons. The van der Waals surface area contributed by atoms with Crippen molar-refractivity contribution in [3.05, 3.63) is 23.7 Å². The van der Waals surface area contributed by atoms with Crippen molar-refractivity contribution in [2.45, 2.75) is 16.7 Å². The molecule has 9 heteroatoms. The quantitative estimate of drug-likeness (QED) is 0.853. The summed E-state index contributed by atoms with van der Waals surface area (Å²) in [6.07, 6.45) is 2.06. The second-order valence-corrected chi connectivity index (χ2v) is 7.74. The van der Waals surface area contributed by atoms with Gasteiger partial charge in [-0.15, -0.1) is 15.7 Å². The van der Waals surface area contributed by atoms with Gasteiger partial charge in [0.15, 0.2) is 0 Å². The number of ether oxygens (including phenoxy) is 1. The molecule has 0 bridgehead atoms. The Labute approximate surface area is 119 Å². The SMILES string of the molecule is O=S(=O)(c1cccs1)N1CCC(Oc2cnsn2)C1. The summed E-state index contributed by atoms with van der Waals surface area (Å²) >= 11 is 2.30. The molecule has 0 radical (unpaired) electrons. The molecule has 0 amide bonds. The lowest BCUT2D eigenvalue weighted by Gasteiger charge is -2.15. The highest BCUT2D eigenvalue weighted by molar-refractivity contribution is 7.91. The van der Waals surface area contributed by atoms with E-state index >= 15 is 0 Å². The van der Waals surface area contributed by atoms with Gasteiger partial charge in [-0.05, 0) is 17.9 Å². The van der Waals surface area contributed by atoms with E-state index in [0.717, 1.165) is 11.7 Å². The van der Waals surface area contributed by atoms with Crippen LogP contribution in [0.4, 0.5) is 0 Å². The smallest absolute Gasteiger partial charge is 0.252 e. The van der Waals surface area contributed by atoms with Crippen molar-refractivity contribution in [2.75, 3.05) is 13.1 Å². The van der Waals surface area contributed by atoms with Gasteiger partial charge in [0.05, 0.1) is 18.3 Å². The van der Waals surface area contributed by atoms with E-state index in [0.29, 0.717) is 29.6 Å². The first-order valence-electron chi connectivity index (χ1n) is 5.64. The minimum atomic E-state index is -3.37. The Morgan fingerprint density at radius 2 is 2.37 bits per heavy atom. The van der Waals surface area contributed by atoms with Crippen LogP contribution in [0, 0.1) is 0 Å². The van der Waals surface area contributed by atoms with E-state index in [2.05, 4.69) is 8.75 Å². The fourth-order valence-electron chi connectivity index (χ4n) is 1.93. The van der Waals surface area contributed by atoms with Gasteiger partial charge >= 0.3 is 0 Å². The summed E-state index contributed by atoms with van der Waals surface area (Å²) < 4.78 is 39.8. The number of hydrogen-bond acceptors (Lipinski definition) is 7. The molecule has 0 aromatic carbocycles. The molecular formula is C10H11N3O3S3. The summed E-state index contributed by atoms with van der Waals surface area (Å²) in [4.78, 5) is 0. The number of aromatic nitrogens is 2. The fourth-order valence-corrected chi connectivity index (χ4v) is 4.91. The number of thiophene rings is 1. The van der Waals surface area contributed by atoms with Crippen LogP contribution in [0.2, 0.25) is 0 Å². The third-order valence-corrected chi connectivity index (χ3v) is 6.52. The molecule has 3 heterocycles. The Kier molecular flexibility index (Phi) is 3.52. The van der Waals surface area contributed by atoms with Crippen LogP contribution in [0.1, 0.15) is 6.42 Å². The Balaban J connectivity index is 1.69. The van der Waals surface area contributed by atoms with Crippen molar-refractivity contribution in [2.24, 2.45) is 0 Å². The number of sulfonamides is 1. The van der Waals surface area contributed by atoms with E-state index in [1.165, 1.54) is 15.6 Å². The maximum atomic E-state index is 12.3. The zero-order valence-corrected chi connectivity index (χ0v) is 12.2. The molecule has 0 aliphatic carbocycles. The van der Waals surface area contributed by atoms with E-state index < -0.39 is 10.0 Å². The van der Waals surface area contributed by atoms with E-state index in [1.54, 1.807) is 23.7 Å². The third kappa shape index (κ3) is 2.64. The Hall–Kier alpha value is -1.03. The normalized spacial score (nSPS) is 20.7. The average molecular weight is 317 g/mol. The molecule has 1 unspecified atom stereocenters. The average Bonchev–Trinajstić information content (AvgIpc) is 3.12. The lowest BCUT2D eigenvalue weighted by atomic mass is 10.3. The van der Waals surface area contributed by atoms with Gasteiger partial charge in [0.1, 0.15) is 16.5 Å². The minimum absolute atomic E-state index is 0.154. The van der Waals surface area contributed by atoms with E-state index in [9.17, 15) is 8.42 Å². The van der Waals surface area contributed by atoms with E-state index in [4.69, 9.17) is 4.74 Å². The van der Waals surface area contributed by atoms with Crippen LogP contribution < -0.4 is 4.74 Å².